The highest BCUT2D eigenvalue weighted by Gasteiger charge is 1.89. The van der Waals surface area contributed by atoms with Gasteiger partial charge in [-0.1, -0.05) is 14.9 Å². The normalized spacial score (nSPS) is 8.77. The molecule has 4 heterocycles. The number of nitrogens with zero attached hydrogens (tertiary/aromatic N) is 5. The fourth-order valence-corrected chi connectivity index (χ4v) is 2.23. The average molecular weight is 446 g/mol. The zero-order valence-electron chi connectivity index (χ0n) is 18.5. The van der Waals surface area contributed by atoms with E-state index in [1.54, 1.807) is 17.7 Å². The lowest BCUT2D eigenvalue weighted by Gasteiger charge is -1.91. The van der Waals surface area contributed by atoms with E-state index >= 15 is 0 Å². The van der Waals surface area contributed by atoms with Crippen molar-refractivity contribution in [2.45, 2.75) is 70.2 Å². The lowest BCUT2D eigenvalue weighted by Crippen LogP contribution is -1.85. The molecule has 0 saturated heterocycles. The van der Waals surface area contributed by atoms with Gasteiger partial charge in [-0.05, 0) is 72.1 Å². The Balaban J connectivity index is 0. The molecule has 4 aromatic heterocycles. The number of thiazole rings is 1. The van der Waals surface area contributed by atoms with Crippen molar-refractivity contribution in [2.75, 3.05) is 0 Å². The van der Waals surface area contributed by atoms with E-state index in [1.165, 1.54) is 16.0 Å². The number of aromatic amines is 2. The summed E-state index contributed by atoms with van der Waals surface area (Å²) in [5.74, 6) is 0. The minimum absolute atomic E-state index is 0. The zero-order valence-corrected chi connectivity index (χ0v) is 19.3. The molecule has 0 radical (unpaired) electrons. The molecule has 0 spiro atoms. The number of aromatic nitrogens is 7. The van der Waals surface area contributed by atoms with Crippen molar-refractivity contribution in [2.24, 2.45) is 0 Å². The molecule has 31 heavy (non-hydrogen) atoms. The number of aryl methyl sites for hydroxylation is 8. The first-order valence-electron chi connectivity index (χ1n) is 9.25. The van der Waals surface area contributed by atoms with Gasteiger partial charge >= 0.3 is 0 Å². The van der Waals surface area contributed by atoms with Crippen molar-refractivity contribution in [3.63, 3.8) is 0 Å². The van der Waals surface area contributed by atoms with Crippen molar-refractivity contribution in [3.8, 4) is 0 Å². The van der Waals surface area contributed by atoms with Crippen molar-refractivity contribution >= 4 is 11.3 Å². The molecule has 2 N–H and O–H groups in total. The predicted octanol–water partition coefficient (Wildman–Crippen LogP) is 6.18. The van der Waals surface area contributed by atoms with Crippen LogP contribution in [0.2, 0.25) is 0 Å². The van der Waals surface area contributed by atoms with E-state index in [2.05, 4.69) is 42.3 Å². The van der Waals surface area contributed by atoms with Gasteiger partial charge in [-0.3, -0.25) is 10.2 Å². The Morgan fingerprint density at radius 1 is 0.645 bits per heavy atom. The maximum atomic E-state index is 4.03. The summed E-state index contributed by atoms with van der Waals surface area (Å²) in [6, 6.07) is 0. The molecule has 172 valence electrons. The van der Waals surface area contributed by atoms with Crippen LogP contribution in [0.25, 0.3) is 0 Å². The fraction of sp³-hybridized carbons (Fsp3) is 0.435. The molecular formula is C23H39N7S. The van der Waals surface area contributed by atoms with Crippen LogP contribution in [0.5, 0.6) is 0 Å². The van der Waals surface area contributed by atoms with Gasteiger partial charge in [-0.25, -0.2) is 15.0 Å². The Morgan fingerprint density at radius 3 is 1.32 bits per heavy atom. The molecule has 0 unspecified atom stereocenters. The summed E-state index contributed by atoms with van der Waals surface area (Å²) in [5.41, 5.74) is 9.97. The van der Waals surface area contributed by atoms with Gasteiger partial charge in [0.25, 0.3) is 0 Å². The van der Waals surface area contributed by atoms with E-state index in [4.69, 9.17) is 0 Å². The second-order valence-electron chi connectivity index (χ2n) is 6.64. The summed E-state index contributed by atoms with van der Waals surface area (Å²) in [6.45, 7) is 16.1. The zero-order chi connectivity index (χ0) is 21.8. The largest absolute Gasteiger partial charge is 0.283 e. The van der Waals surface area contributed by atoms with Gasteiger partial charge in [0.05, 0.1) is 23.6 Å². The van der Waals surface area contributed by atoms with Crippen LogP contribution in [0, 0.1) is 55.4 Å². The van der Waals surface area contributed by atoms with Gasteiger partial charge in [0.1, 0.15) is 6.33 Å². The van der Waals surface area contributed by atoms with Crippen LogP contribution in [-0.2, 0) is 0 Å². The molecule has 0 bridgehead atoms. The minimum Gasteiger partial charge on any atom is -0.283 e. The molecule has 0 saturated carbocycles. The predicted molar refractivity (Wildman–Crippen MR) is 133 cm³/mol. The smallest absolute Gasteiger partial charge is 0.115 e. The SMILES string of the molecule is C.C.Cc1cn[nH]c1C.Cc1cn[nH]c1C.Cc1cncnc1C.Cc1ncsc1C. The van der Waals surface area contributed by atoms with E-state index in [-0.39, 0.29) is 14.9 Å². The van der Waals surface area contributed by atoms with Crippen LogP contribution in [0.4, 0.5) is 0 Å². The van der Waals surface area contributed by atoms with E-state index in [0.717, 1.165) is 28.3 Å². The van der Waals surface area contributed by atoms with E-state index in [0.29, 0.717) is 0 Å². The standard InChI is InChI=1S/C6H8N2.2C5H8N2.C5H7NS.2CH4/c1-5-3-7-4-8-6(5)2;2*1-4-3-6-7-5(4)2;1-4-5(2)7-3-6-4;;/h3-4H,1-2H3;2*3H,1-2H3,(H,6,7);3H,1-2H3;2*1H4. The number of H-pyrrole nitrogens is 2. The van der Waals surface area contributed by atoms with Gasteiger partial charge < -0.3 is 0 Å². The topological polar surface area (TPSA) is 96.0 Å². The fourth-order valence-electron chi connectivity index (χ4n) is 1.64. The number of hydrogen-bond donors (Lipinski definition) is 2. The molecule has 8 heteroatoms. The molecule has 4 rings (SSSR count). The molecule has 0 fully saturated rings. The summed E-state index contributed by atoms with van der Waals surface area (Å²) in [6.07, 6.45) is 7.00. The summed E-state index contributed by atoms with van der Waals surface area (Å²) in [7, 11) is 0. The molecule has 0 amide bonds. The highest BCUT2D eigenvalue weighted by atomic mass is 32.1. The van der Waals surface area contributed by atoms with E-state index < -0.39 is 0 Å². The van der Waals surface area contributed by atoms with Crippen LogP contribution in [-0.4, -0.2) is 35.3 Å². The van der Waals surface area contributed by atoms with Gasteiger partial charge in [-0.2, -0.15) is 10.2 Å². The summed E-state index contributed by atoms with van der Waals surface area (Å²) in [4.78, 5) is 13.2. The Labute approximate surface area is 191 Å². The Hall–Kier alpha value is -2.87. The Kier molecular flexibility index (Phi) is 15.6. The highest BCUT2D eigenvalue weighted by molar-refractivity contribution is 7.09. The molecule has 7 nitrogen and oxygen atoms in total. The second-order valence-corrected chi connectivity index (χ2v) is 7.70. The van der Waals surface area contributed by atoms with E-state index in [9.17, 15) is 0 Å². The highest BCUT2D eigenvalue weighted by Crippen LogP contribution is 2.07. The maximum absolute atomic E-state index is 4.03. The first-order chi connectivity index (χ1) is 13.7. The van der Waals surface area contributed by atoms with E-state index in [1.807, 2.05) is 72.6 Å². The first kappa shape index (κ1) is 30.3. The van der Waals surface area contributed by atoms with Crippen LogP contribution in [0.1, 0.15) is 59.2 Å². The summed E-state index contributed by atoms with van der Waals surface area (Å²) < 4.78 is 0. The van der Waals surface area contributed by atoms with Crippen molar-refractivity contribution in [1.82, 2.24) is 35.3 Å². The molecule has 0 atom stereocenters. The lowest BCUT2D eigenvalue weighted by atomic mass is 10.3. The summed E-state index contributed by atoms with van der Waals surface area (Å²) in [5, 5.41) is 13.2. The van der Waals surface area contributed by atoms with Crippen LogP contribution in [0.15, 0.2) is 30.4 Å². The van der Waals surface area contributed by atoms with Crippen molar-refractivity contribution in [3.05, 3.63) is 74.8 Å². The lowest BCUT2D eigenvalue weighted by molar-refractivity contribution is 1.04. The minimum atomic E-state index is 0. The second kappa shape index (κ2) is 15.9. The van der Waals surface area contributed by atoms with Crippen molar-refractivity contribution in [1.29, 1.82) is 0 Å². The molecule has 4 aromatic rings. The van der Waals surface area contributed by atoms with Gasteiger partial charge in [0, 0.05) is 28.2 Å². The summed E-state index contributed by atoms with van der Waals surface area (Å²) >= 11 is 1.69. The van der Waals surface area contributed by atoms with Crippen LogP contribution in [0.3, 0.4) is 0 Å². The third-order valence-electron chi connectivity index (χ3n) is 4.31. The molecule has 0 aromatic carbocycles. The average Bonchev–Trinajstić information content (AvgIpc) is 3.37. The van der Waals surface area contributed by atoms with Crippen molar-refractivity contribution < 1.29 is 0 Å². The third-order valence-corrected chi connectivity index (χ3v) is 5.17. The Morgan fingerprint density at radius 2 is 1.16 bits per heavy atom. The molecular weight excluding hydrogens is 406 g/mol. The first-order valence-corrected chi connectivity index (χ1v) is 10.1. The number of nitrogens with one attached hydrogen (secondary N) is 2. The monoisotopic (exact) mass is 445 g/mol. The molecule has 0 aliphatic carbocycles. The third kappa shape index (κ3) is 11.8. The van der Waals surface area contributed by atoms with Crippen LogP contribution < -0.4 is 0 Å². The van der Waals surface area contributed by atoms with Gasteiger partial charge in [0.2, 0.25) is 0 Å². The van der Waals surface area contributed by atoms with Gasteiger partial charge in [-0.15, -0.1) is 11.3 Å². The molecule has 0 aliphatic heterocycles. The number of hydrogen-bond acceptors (Lipinski definition) is 6. The quantitative estimate of drug-likeness (QED) is 0.337. The van der Waals surface area contributed by atoms with Crippen LogP contribution >= 0.6 is 11.3 Å². The number of rotatable bonds is 0. The Bertz CT molecular complexity index is 808. The van der Waals surface area contributed by atoms with Gasteiger partial charge in [0.15, 0.2) is 0 Å². The molecule has 0 aliphatic rings. The maximum Gasteiger partial charge on any atom is 0.115 e.